The van der Waals surface area contributed by atoms with Gasteiger partial charge < -0.3 is 0 Å². The molecular formula is C18H12Br2N4O2S2. The Labute approximate surface area is 185 Å². The highest BCUT2D eigenvalue weighted by atomic mass is 79.9. The van der Waals surface area contributed by atoms with E-state index in [1.165, 1.54) is 22.7 Å². The van der Waals surface area contributed by atoms with Crippen molar-refractivity contribution >= 4 is 78.8 Å². The molecule has 0 saturated heterocycles. The van der Waals surface area contributed by atoms with Crippen LogP contribution in [0.3, 0.4) is 0 Å². The molecule has 3 aromatic rings. The molecular weight excluding hydrogens is 528 g/mol. The number of hydrogen-bond acceptors (Lipinski definition) is 6. The molecule has 10 heteroatoms. The molecule has 0 unspecified atom stereocenters. The quantitative estimate of drug-likeness (QED) is 0.346. The molecule has 0 atom stereocenters. The summed E-state index contributed by atoms with van der Waals surface area (Å²) in [5.41, 5.74) is 5.70. The van der Waals surface area contributed by atoms with Crippen LogP contribution in [-0.2, 0) is 0 Å². The molecule has 0 spiro atoms. The maximum atomic E-state index is 12.1. The maximum Gasteiger partial charge on any atom is 0.271 e. The highest BCUT2D eigenvalue weighted by Gasteiger charge is 2.08. The number of carbonyl (C=O) groups is 2. The molecule has 142 valence electrons. The van der Waals surface area contributed by atoms with Crippen LogP contribution in [0.4, 0.5) is 0 Å². The molecule has 0 aliphatic rings. The van der Waals surface area contributed by atoms with Crippen LogP contribution < -0.4 is 10.9 Å². The Balaban J connectivity index is 1.53. The largest absolute Gasteiger partial charge is 0.271 e. The summed E-state index contributed by atoms with van der Waals surface area (Å²) in [5.74, 6) is -0.722. The van der Waals surface area contributed by atoms with Crippen molar-refractivity contribution in [3.8, 4) is 0 Å². The summed E-state index contributed by atoms with van der Waals surface area (Å²) in [6.45, 7) is 0. The summed E-state index contributed by atoms with van der Waals surface area (Å²) in [6.07, 6.45) is 3.14. The van der Waals surface area contributed by atoms with Crippen LogP contribution in [-0.4, -0.2) is 24.2 Å². The first kappa shape index (κ1) is 20.6. The van der Waals surface area contributed by atoms with Gasteiger partial charge in [-0.1, -0.05) is 0 Å². The highest BCUT2D eigenvalue weighted by Crippen LogP contribution is 2.21. The number of nitrogens with zero attached hydrogens (tertiary/aromatic N) is 2. The van der Waals surface area contributed by atoms with Crippen LogP contribution in [0, 0.1) is 0 Å². The molecule has 28 heavy (non-hydrogen) atoms. The van der Waals surface area contributed by atoms with Crippen molar-refractivity contribution < 1.29 is 9.59 Å². The molecule has 1 aromatic carbocycles. The second-order valence-corrected chi connectivity index (χ2v) is 10.2. The number of halogens is 2. The number of carbonyl (C=O) groups excluding carboxylic acids is 2. The molecule has 2 aromatic heterocycles. The molecule has 0 fully saturated rings. The normalized spacial score (nSPS) is 11.2. The van der Waals surface area contributed by atoms with Crippen molar-refractivity contribution in [2.24, 2.45) is 10.2 Å². The van der Waals surface area contributed by atoms with E-state index in [4.69, 9.17) is 0 Å². The smallest absolute Gasteiger partial charge is 0.267 e. The molecule has 2 amide bonds. The minimum Gasteiger partial charge on any atom is -0.267 e. The van der Waals surface area contributed by atoms with E-state index in [9.17, 15) is 9.59 Å². The maximum absolute atomic E-state index is 12.1. The minimum atomic E-state index is -0.361. The number of nitrogens with one attached hydrogen (secondary N) is 2. The lowest BCUT2D eigenvalue weighted by atomic mass is 10.1. The van der Waals surface area contributed by atoms with Gasteiger partial charge in [-0.25, -0.2) is 10.9 Å². The Morgan fingerprint density at radius 1 is 0.714 bits per heavy atom. The monoisotopic (exact) mass is 538 g/mol. The van der Waals surface area contributed by atoms with Crippen molar-refractivity contribution in [2.45, 2.75) is 0 Å². The Bertz CT molecular complexity index is 959. The topological polar surface area (TPSA) is 82.9 Å². The first-order valence-electron chi connectivity index (χ1n) is 7.79. The second-order valence-electron chi connectivity index (χ2n) is 5.26. The van der Waals surface area contributed by atoms with Gasteiger partial charge in [0.15, 0.2) is 0 Å². The van der Waals surface area contributed by atoms with Gasteiger partial charge in [0.25, 0.3) is 11.8 Å². The van der Waals surface area contributed by atoms with Crippen molar-refractivity contribution in [3.05, 3.63) is 77.0 Å². The first-order valence-corrected chi connectivity index (χ1v) is 11.0. The highest BCUT2D eigenvalue weighted by molar-refractivity contribution is 9.11. The van der Waals surface area contributed by atoms with Gasteiger partial charge in [0, 0.05) is 20.9 Å². The fourth-order valence-corrected chi connectivity index (χ4v) is 4.60. The lowest BCUT2D eigenvalue weighted by Crippen LogP contribution is -2.19. The van der Waals surface area contributed by atoms with Crippen LogP contribution in [0.25, 0.3) is 0 Å². The van der Waals surface area contributed by atoms with Gasteiger partial charge in [0.2, 0.25) is 0 Å². The van der Waals surface area contributed by atoms with Crippen molar-refractivity contribution in [3.63, 3.8) is 0 Å². The number of hydrogen-bond donors (Lipinski definition) is 2. The van der Waals surface area contributed by atoms with Gasteiger partial charge in [0.1, 0.15) is 0 Å². The number of rotatable bonds is 6. The molecule has 6 nitrogen and oxygen atoms in total. The van der Waals surface area contributed by atoms with E-state index in [0.717, 1.165) is 17.3 Å². The van der Waals surface area contributed by atoms with Crippen LogP contribution in [0.1, 0.15) is 30.5 Å². The van der Waals surface area contributed by atoms with Gasteiger partial charge >= 0.3 is 0 Å². The summed E-state index contributed by atoms with van der Waals surface area (Å²) < 4.78 is 1.98. The van der Waals surface area contributed by atoms with Crippen molar-refractivity contribution in [1.29, 1.82) is 0 Å². The summed E-state index contributed by atoms with van der Waals surface area (Å²) in [7, 11) is 0. The van der Waals surface area contributed by atoms with E-state index >= 15 is 0 Å². The van der Waals surface area contributed by atoms with Crippen molar-refractivity contribution in [2.75, 3.05) is 0 Å². The van der Waals surface area contributed by atoms with Crippen molar-refractivity contribution in [1.82, 2.24) is 10.9 Å². The summed E-state index contributed by atoms with van der Waals surface area (Å²) in [6, 6.07) is 13.8. The average Bonchev–Trinajstić information content (AvgIpc) is 3.29. The van der Waals surface area contributed by atoms with Gasteiger partial charge in [-0.2, -0.15) is 10.2 Å². The molecule has 3 rings (SSSR count). The van der Waals surface area contributed by atoms with Crippen LogP contribution in [0.15, 0.2) is 66.3 Å². The molecule has 0 radical (unpaired) electrons. The standard InChI is InChI=1S/C18H12Br2N4O2S2/c19-15-7-5-13(27-15)9-21-23-17(25)11-1-2-12(4-3-11)18(26)24-22-10-14-6-8-16(20)28-14/h1-10H,(H,23,25)(H,24,26)/b21-9+,22-10+. The SMILES string of the molecule is O=C(N/N=C/c1ccc(Br)s1)c1ccc(C(=O)N/N=C/c2ccc(Br)s2)cc1. The minimum absolute atomic E-state index is 0.361. The van der Waals surface area contributed by atoms with E-state index in [0.29, 0.717) is 11.1 Å². The molecule has 0 bridgehead atoms. The Morgan fingerprint density at radius 3 is 1.43 bits per heavy atom. The molecule has 2 N–H and O–H groups in total. The zero-order chi connectivity index (χ0) is 19.9. The zero-order valence-electron chi connectivity index (χ0n) is 14.1. The number of benzene rings is 1. The number of amides is 2. The van der Waals surface area contributed by atoms with E-state index < -0.39 is 0 Å². The van der Waals surface area contributed by atoms with Crippen LogP contribution >= 0.6 is 54.5 Å². The Hall–Kier alpha value is -2.14. The molecule has 0 saturated carbocycles. The molecule has 2 heterocycles. The third-order valence-corrected chi connectivity index (χ3v) is 6.43. The Morgan fingerprint density at radius 2 is 1.11 bits per heavy atom. The summed E-state index contributed by atoms with van der Waals surface area (Å²) in [4.78, 5) is 26.0. The number of thiophene rings is 2. The van der Waals surface area contributed by atoms with Crippen LogP contribution in [0.2, 0.25) is 0 Å². The van der Waals surface area contributed by atoms with E-state index in [1.54, 1.807) is 36.7 Å². The number of hydrazone groups is 2. The van der Waals surface area contributed by atoms with E-state index in [2.05, 4.69) is 52.9 Å². The fraction of sp³-hybridized carbons (Fsp3) is 0. The Kier molecular flexibility index (Phi) is 7.26. The lowest BCUT2D eigenvalue weighted by Gasteiger charge is -2.02. The predicted molar refractivity (Wildman–Crippen MR) is 121 cm³/mol. The van der Waals surface area contributed by atoms with Gasteiger partial charge in [0.05, 0.1) is 20.0 Å². The van der Waals surface area contributed by atoms with Crippen LogP contribution in [0.5, 0.6) is 0 Å². The molecule has 0 aliphatic heterocycles. The first-order chi connectivity index (χ1) is 13.5. The van der Waals surface area contributed by atoms with E-state index in [1.807, 2.05) is 24.3 Å². The lowest BCUT2D eigenvalue weighted by molar-refractivity contribution is 0.0943. The van der Waals surface area contributed by atoms with Gasteiger partial charge in [-0.15, -0.1) is 22.7 Å². The summed E-state index contributed by atoms with van der Waals surface area (Å²) >= 11 is 9.74. The van der Waals surface area contributed by atoms with Gasteiger partial charge in [-0.3, -0.25) is 9.59 Å². The zero-order valence-corrected chi connectivity index (χ0v) is 18.9. The molecule has 0 aliphatic carbocycles. The predicted octanol–water partition coefficient (Wildman–Crippen LogP) is 4.86. The third-order valence-electron chi connectivity index (χ3n) is 3.31. The third kappa shape index (κ3) is 5.93. The fourth-order valence-electron chi connectivity index (χ4n) is 2.01. The average molecular weight is 540 g/mol. The summed E-state index contributed by atoms with van der Waals surface area (Å²) in [5, 5.41) is 7.85. The van der Waals surface area contributed by atoms with E-state index in [-0.39, 0.29) is 11.8 Å². The van der Waals surface area contributed by atoms with Gasteiger partial charge in [-0.05, 0) is 80.4 Å². The second kappa shape index (κ2) is 9.87.